The van der Waals surface area contributed by atoms with Crippen LogP contribution in [-0.4, -0.2) is 5.78 Å². The maximum atomic E-state index is 11.3. The Hall–Kier alpha value is -0.850. The second-order valence-electron chi connectivity index (χ2n) is 3.33. The van der Waals surface area contributed by atoms with Crippen molar-refractivity contribution in [2.75, 3.05) is 0 Å². The van der Waals surface area contributed by atoms with Crippen molar-refractivity contribution in [3.8, 4) is 0 Å². The van der Waals surface area contributed by atoms with Crippen LogP contribution >= 0.6 is 0 Å². The highest BCUT2D eigenvalue weighted by molar-refractivity contribution is 5.94. The molecule has 1 heteroatoms. The Balaban J connectivity index is 2.76. The predicted molar refractivity (Wildman–Crippen MR) is 46.3 cm³/mol. The zero-order chi connectivity index (χ0) is 8.43. The van der Waals surface area contributed by atoms with Crippen LogP contribution in [0.4, 0.5) is 0 Å². The number of hydrogen-bond donors (Lipinski definition) is 0. The van der Waals surface area contributed by atoms with Crippen LogP contribution in [0.5, 0.6) is 0 Å². The van der Waals surface area contributed by atoms with Crippen LogP contribution in [0.15, 0.2) is 23.8 Å². The van der Waals surface area contributed by atoms with Crippen molar-refractivity contribution in [1.29, 1.82) is 0 Å². The molecule has 1 nitrogen and oxygen atoms in total. The second kappa shape index (κ2) is 3.04. The summed E-state index contributed by atoms with van der Waals surface area (Å²) in [6.45, 7) is 7.74. The third-order valence-corrected chi connectivity index (χ3v) is 2.15. The van der Waals surface area contributed by atoms with E-state index in [1.165, 1.54) is 5.57 Å². The minimum atomic E-state index is 0.0960. The van der Waals surface area contributed by atoms with Gasteiger partial charge in [0.2, 0.25) is 0 Å². The van der Waals surface area contributed by atoms with Crippen molar-refractivity contribution in [2.45, 2.75) is 26.7 Å². The first kappa shape index (κ1) is 8.25. The van der Waals surface area contributed by atoms with Crippen LogP contribution in [0.1, 0.15) is 26.7 Å². The molecule has 0 saturated heterocycles. The fourth-order valence-electron chi connectivity index (χ4n) is 1.42. The number of carbonyl (C=O) groups excluding carboxylic acids is 1. The zero-order valence-electron chi connectivity index (χ0n) is 7.18. The molecule has 1 atom stereocenters. The molecule has 1 aliphatic carbocycles. The summed E-state index contributed by atoms with van der Waals surface area (Å²) in [5, 5.41) is 0. The van der Waals surface area contributed by atoms with Gasteiger partial charge in [-0.15, -0.1) is 0 Å². The number of hydrogen-bond acceptors (Lipinski definition) is 1. The molecule has 0 N–H and O–H groups in total. The van der Waals surface area contributed by atoms with Crippen molar-refractivity contribution in [2.24, 2.45) is 5.92 Å². The Labute approximate surface area is 67.8 Å². The minimum absolute atomic E-state index is 0.0960. The van der Waals surface area contributed by atoms with E-state index in [0.29, 0.717) is 0 Å². The van der Waals surface area contributed by atoms with Crippen LogP contribution in [0.2, 0.25) is 0 Å². The summed E-state index contributed by atoms with van der Waals surface area (Å²) in [6.07, 6.45) is 3.75. The van der Waals surface area contributed by atoms with E-state index in [-0.39, 0.29) is 11.7 Å². The summed E-state index contributed by atoms with van der Waals surface area (Å²) in [5.41, 5.74) is 2.20. The SMILES string of the molecule is C=C(C)[C@H]1CCC(C)=CC1=O. The fourth-order valence-corrected chi connectivity index (χ4v) is 1.42. The first-order chi connectivity index (χ1) is 5.11. The summed E-state index contributed by atoms with van der Waals surface area (Å²) in [6, 6.07) is 0. The lowest BCUT2D eigenvalue weighted by molar-refractivity contribution is -0.117. The van der Waals surface area contributed by atoms with Crippen molar-refractivity contribution in [3.05, 3.63) is 23.8 Å². The van der Waals surface area contributed by atoms with E-state index in [9.17, 15) is 4.79 Å². The summed E-state index contributed by atoms with van der Waals surface area (Å²) in [5.74, 6) is 0.333. The molecule has 1 rings (SSSR count). The maximum Gasteiger partial charge on any atom is 0.162 e. The van der Waals surface area contributed by atoms with Crippen LogP contribution < -0.4 is 0 Å². The molecule has 0 saturated carbocycles. The summed E-state index contributed by atoms with van der Waals surface area (Å²) < 4.78 is 0. The average Bonchev–Trinajstić information content (AvgIpc) is 1.85. The van der Waals surface area contributed by atoms with E-state index in [4.69, 9.17) is 0 Å². The lowest BCUT2D eigenvalue weighted by Crippen LogP contribution is -2.17. The van der Waals surface area contributed by atoms with E-state index in [0.717, 1.165) is 18.4 Å². The van der Waals surface area contributed by atoms with Gasteiger partial charge in [-0.25, -0.2) is 0 Å². The molecule has 0 heterocycles. The van der Waals surface area contributed by atoms with Gasteiger partial charge in [0.05, 0.1) is 0 Å². The molecule has 60 valence electrons. The van der Waals surface area contributed by atoms with Gasteiger partial charge in [-0.05, 0) is 32.8 Å². The Bertz CT molecular complexity index is 223. The van der Waals surface area contributed by atoms with Gasteiger partial charge in [0.1, 0.15) is 0 Å². The molecule has 11 heavy (non-hydrogen) atoms. The van der Waals surface area contributed by atoms with E-state index >= 15 is 0 Å². The molecule has 0 aliphatic heterocycles. The number of ketones is 1. The number of carbonyl (C=O) groups is 1. The summed E-state index contributed by atoms with van der Waals surface area (Å²) in [7, 11) is 0. The third kappa shape index (κ3) is 1.79. The molecular weight excluding hydrogens is 136 g/mol. The highest BCUT2D eigenvalue weighted by atomic mass is 16.1. The Kier molecular flexibility index (Phi) is 2.28. The molecular formula is C10H14O. The third-order valence-electron chi connectivity index (χ3n) is 2.15. The van der Waals surface area contributed by atoms with Crippen molar-refractivity contribution in [3.63, 3.8) is 0 Å². The molecule has 0 spiro atoms. The Morgan fingerprint density at radius 2 is 2.36 bits per heavy atom. The molecule has 0 bridgehead atoms. The normalized spacial score (nSPS) is 24.7. The van der Waals surface area contributed by atoms with Gasteiger partial charge in [0.25, 0.3) is 0 Å². The first-order valence-corrected chi connectivity index (χ1v) is 3.97. The lowest BCUT2D eigenvalue weighted by Gasteiger charge is -2.18. The molecule has 0 radical (unpaired) electrons. The molecule has 0 aromatic rings. The largest absolute Gasteiger partial charge is 0.294 e. The number of allylic oxidation sites excluding steroid dienone is 3. The first-order valence-electron chi connectivity index (χ1n) is 3.97. The van der Waals surface area contributed by atoms with Gasteiger partial charge in [-0.3, -0.25) is 4.79 Å². The van der Waals surface area contributed by atoms with Crippen molar-refractivity contribution >= 4 is 5.78 Å². The summed E-state index contributed by atoms with van der Waals surface area (Å²) >= 11 is 0. The predicted octanol–water partition coefficient (Wildman–Crippen LogP) is 2.49. The van der Waals surface area contributed by atoms with Gasteiger partial charge in [0.15, 0.2) is 5.78 Å². The Morgan fingerprint density at radius 1 is 1.73 bits per heavy atom. The van der Waals surface area contributed by atoms with E-state index < -0.39 is 0 Å². The zero-order valence-corrected chi connectivity index (χ0v) is 7.18. The standard InChI is InChI=1S/C10H14O/c1-7(2)9-5-4-8(3)6-10(9)11/h6,9H,1,4-5H2,2-3H3/t9-/m1/s1. The van der Waals surface area contributed by atoms with Gasteiger partial charge in [-0.1, -0.05) is 17.7 Å². The van der Waals surface area contributed by atoms with Crippen LogP contribution in [0.25, 0.3) is 0 Å². The molecule has 0 unspecified atom stereocenters. The highest BCUT2D eigenvalue weighted by Gasteiger charge is 2.20. The van der Waals surface area contributed by atoms with Gasteiger partial charge in [0, 0.05) is 5.92 Å². The smallest absolute Gasteiger partial charge is 0.162 e. The van der Waals surface area contributed by atoms with E-state index in [1.54, 1.807) is 6.08 Å². The second-order valence-corrected chi connectivity index (χ2v) is 3.33. The molecule has 0 aromatic carbocycles. The van der Waals surface area contributed by atoms with Crippen molar-refractivity contribution < 1.29 is 4.79 Å². The minimum Gasteiger partial charge on any atom is -0.294 e. The summed E-state index contributed by atoms with van der Waals surface area (Å²) in [4.78, 5) is 11.3. The fraction of sp³-hybridized carbons (Fsp3) is 0.500. The number of rotatable bonds is 1. The molecule has 1 aliphatic rings. The monoisotopic (exact) mass is 150 g/mol. The average molecular weight is 150 g/mol. The molecule has 0 amide bonds. The topological polar surface area (TPSA) is 17.1 Å². The Morgan fingerprint density at radius 3 is 2.82 bits per heavy atom. The van der Waals surface area contributed by atoms with Gasteiger partial charge >= 0.3 is 0 Å². The van der Waals surface area contributed by atoms with Gasteiger partial charge < -0.3 is 0 Å². The van der Waals surface area contributed by atoms with Crippen LogP contribution in [-0.2, 0) is 4.79 Å². The van der Waals surface area contributed by atoms with Crippen LogP contribution in [0, 0.1) is 5.92 Å². The molecule has 0 aromatic heterocycles. The van der Waals surface area contributed by atoms with Crippen LogP contribution in [0.3, 0.4) is 0 Å². The highest BCUT2D eigenvalue weighted by Crippen LogP contribution is 2.24. The van der Waals surface area contributed by atoms with Gasteiger partial charge in [-0.2, -0.15) is 0 Å². The van der Waals surface area contributed by atoms with Crippen molar-refractivity contribution in [1.82, 2.24) is 0 Å². The lowest BCUT2D eigenvalue weighted by atomic mass is 9.85. The van der Waals surface area contributed by atoms with E-state index in [2.05, 4.69) is 6.58 Å². The quantitative estimate of drug-likeness (QED) is 0.525. The maximum absolute atomic E-state index is 11.3. The van der Waals surface area contributed by atoms with E-state index in [1.807, 2.05) is 13.8 Å². The molecule has 0 fully saturated rings.